The Morgan fingerprint density at radius 1 is 1.15 bits per heavy atom. The summed E-state index contributed by atoms with van der Waals surface area (Å²) in [6.07, 6.45) is 0. The van der Waals surface area contributed by atoms with Crippen LogP contribution in [0.5, 0.6) is 5.75 Å². The predicted octanol–water partition coefficient (Wildman–Crippen LogP) is 1.03. The molecule has 0 aromatic heterocycles. The minimum absolute atomic E-state index is 0.331. The lowest BCUT2D eigenvalue weighted by Gasteiger charge is -2.09. The molecule has 0 bridgehead atoms. The van der Waals surface area contributed by atoms with Gasteiger partial charge in [-0.15, -0.1) is 3.89 Å². The zero-order valence-electron chi connectivity index (χ0n) is 10.1. The van der Waals surface area contributed by atoms with Crippen LogP contribution >= 0.6 is 0 Å². The Hall–Kier alpha value is -1.75. The molecule has 0 aliphatic rings. The van der Waals surface area contributed by atoms with Crippen molar-refractivity contribution >= 4 is 26.7 Å². The van der Waals surface area contributed by atoms with Gasteiger partial charge in [0.05, 0.1) is 12.7 Å². The Balaban J connectivity index is 3.62. The van der Waals surface area contributed by atoms with Crippen molar-refractivity contribution in [1.82, 2.24) is 0 Å². The van der Waals surface area contributed by atoms with Crippen molar-refractivity contribution in [3.05, 3.63) is 23.3 Å². The summed E-state index contributed by atoms with van der Waals surface area (Å²) in [5.41, 5.74) is -0.812. The topological polar surface area (TPSA) is 104 Å². The average Bonchev–Trinajstić information content (AvgIpc) is 2.26. The summed E-state index contributed by atoms with van der Waals surface area (Å²) in [5.74, 6) is -1.95. The number of methoxy groups -OCH3 is 1. The summed E-state index contributed by atoms with van der Waals surface area (Å²) in [6.45, 7) is 1.09. The maximum Gasteiger partial charge on any atom is 0.488 e. The number of rotatable bonds is 4. The Labute approximate surface area is 113 Å². The van der Waals surface area contributed by atoms with E-state index in [1.54, 1.807) is 0 Å². The van der Waals surface area contributed by atoms with Gasteiger partial charge < -0.3 is 8.92 Å². The van der Waals surface area contributed by atoms with Crippen molar-refractivity contribution in [1.29, 1.82) is 0 Å². The second-order valence-electron chi connectivity index (χ2n) is 3.50. The normalized spacial score (nSPS) is 12.0. The quantitative estimate of drug-likeness (QED) is 0.600. The van der Waals surface area contributed by atoms with Crippen molar-refractivity contribution in [3.8, 4) is 5.75 Å². The molecule has 1 aromatic rings. The van der Waals surface area contributed by atoms with Gasteiger partial charge in [0.25, 0.3) is 0 Å². The molecule has 0 aliphatic carbocycles. The molecule has 0 spiro atoms. The molecule has 0 N–H and O–H groups in total. The molecular weight excluding hydrogens is 322 g/mol. The lowest BCUT2D eigenvalue weighted by molar-refractivity contribution is 0.0599. The van der Waals surface area contributed by atoms with Crippen molar-refractivity contribution in [2.45, 2.75) is 11.8 Å². The van der Waals surface area contributed by atoms with Gasteiger partial charge in [0.15, 0.2) is 0 Å². The van der Waals surface area contributed by atoms with Gasteiger partial charge in [-0.3, -0.25) is 0 Å². The predicted molar refractivity (Wildman–Crippen MR) is 61.5 cm³/mol. The van der Waals surface area contributed by atoms with Gasteiger partial charge in [-0.25, -0.2) is 4.79 Å². The molecule has 0 saturated carbocycles. The summed E-state index contributed by atoms with van der Waals surface area (Å²) in [6, 6.07) is 1.15. The Morgan fingerprint density at radius 3 is 2.10 bits per heavy atom. The van der Waals surface area contributed by atoms with Gasteiger partial charge in [-0.2, -0.15) is 16.8 Å². The lowest BCUT2D eigenvalue weighted by atomic mass is 10.1. The van der Waals surface area contributed by atoms with E-state index in [1.807, 2.05) is 0 Å². The molecule has 0 heterocycles. The van der Waals surface area contributed by atoms with Crippen molar-refractivity contribution in [3.63, 3.8) is 0 Å². The Kier molecular flexibility index (Phi) is 4.34. The molecule has 1 rings (SSSR count). The minimum Gasteiger partial charge on any atom is -0.465 e. The monoisotopic (exact) mass is 330 g/mol. The minimum atomic E-state index is -5.47. The van der Waals surface area contributed by atoms with Gasteiger partial charge in [0.1, 0.15) is 10.6 Å². The highest BCUT2D eigenvalue weighted by atomic mass is 32.3. The maximum absolute atomic E-state index is 13.1. The van der Waals surface area contributed by atoms with E-state index in [4.69, 9.17) is 0 Å². The fraction of sp³-hybridized carbons (Fsp3) is 0.222. The molecule has 20 heavy (non-hydrogen) atoms. The summed E-state index contributed by atoms with van der Waals surface area (Å²) in [5, 5.41) is 0. The first-order chi connectivity index (χ1) is 8.95. The molecule has 11 heteroatoms. The second kappa shape index (κ2) is 5.32. The highest BCUT2D eigenvalue weighted by Crippen LogP contribution is 2.28. The molecule has 7 nitrogen and oxygen atoms in total. The van der Waals surface area contributed by atoms with E-state index in [0.29, 0.717) is 12.1 Å². The molecule has 0 unspecified atom stereocenters. The van der Waals surface area contributed by atoms with E-state index < -0.39 is 42.9 Å². The SMILES string of the molecule is COC(=O)c1cc(OS(=O)(=O)F)cc(S(=O)(=O)F)c1C. The first kappa shape index (κ1) is 16.3. The summed E-state index contributed by atoms with van der Waals surface area (Å²) < 4.78 is 76.1. The van der Waals surface area contributed by atoms with Crippen LogP contribution in [-0.2, 0) is 25.5 Å². The van der Waals surface area contributed by atoms with Crippen LogP contribution in [0.3, 0.4) is 0 Å². The van der Waals surface area contributed by atoms with Gasteiger partial charge in [0, 0.05) is 6.07 Å². The largest absolute Gasteiger partial charge is 0.488 e. The van der Waals surface area contributed by atoms with E-state index in [2.05, 4.69) is 8.92 Å². The molecule has 0 radical (unpaired) electrons. The molecule has 112 valence electrons. The lowest BCUT2D eigenvalue weighted by Crippen LogP contribution is -2.10. The number of ether oxygens (including phenoxy) is 1. The Morgan fingerprint density at radius 2 is 1.70 bits per heavy atom. The maximum atomic E-state index is 13.1. The molecule has 0 aliphatic heterocycles. The molecule has 0 saturated heterocycles. The van der Waals surface area contributed by atoms with Crippen LogP contribution in [0.15, 0.2) is 17.0 Å². The smallest absolute Gasteiger partial charge is 0.465 e. The fourth-order valence-corrected chi connectivity index (χ4v) is 2.46. The van der Waals surface area contributed by atoms with Gasteiger partial charge in [-0.1, -0.05) is 3.89 Å². The first-order valence-electron chi connectivity index (χ1n) is 4.77. The average molecular weight is 330 g/mol. The van der Waals surface area contributed by atoms with Crippen LogP contribution < -0.4 is 4.18 Å². The molecule has 0 fully saturated rings. The van der Waals surface area contributed by atoms with E-state index >= 15 is 0 Å². The third kappa shape index (κ3) is 3.87. The van der Waals surface area contributed by atoms with Gasteiger partial charge in [0.2, 0.25) is 0 Å². The molecule has 1 aromatic carbocycles. The number of hydrogen-bond donors (Lipinski definition) is 0. The van der Waals surface area contributed by atoms with E-state index in [-0.39, 0.29) is 5.56 Å². The first-order valence-corrected chi connectivity index (χ1v) is 7.46. The zero-order chi connectivity index (χ0) is 15.7. The van der Waals surface area contributed by atoms with Crippen LogP contribution in [-0.4, -0.2) is 29.9 Å². The summed E-state index contributed by atoms with van der Waals surface area (Å²) in [4.78, 5) is 10.4. The molecular formula is C9H8F2O7S2. The van der Waals surface area contributed by atoms with E-state index in [9.17, 15) is 29.4 Å². The van der Waals surface area contributed by atoms with Gasteiger partial charge >= 0.3 is 26.7 Å². The summed E-state index contributed by atoms with van der Waals surface area (Å²) in [7, 11) is -9.79. The second-order valence-corrected chi connectivity index (χ2v) is 5.77. The third-order valence-corrected chi connectivity index (χ3v) is 3.54. The van der Waals surface area contributed by atoms with E-state index in [0.717, 1.165) is 14.0 Å². The van der Waals surface area contributed by atoms with Crippen molar-refractivity contribution < 1.29 is 38.3 Å². The highest BCUT2D eigenvalue weighted by Gasteiger charge is 2.24. The number of carbonyl (C=O) groups is 1. The number of hydrogen-bond acceptors (Lipinski definition) is 7. The Bertz CT molecular complexity index is 753. The summed E-state index contributed by atoms with van der Waals surface area (Å²) >= 11 is 0. The van der Waals surface area contributed by atoms with Crippen LogP contribution in [0.2, 0.25) is 0 Å². The molecule has 0 atom stereocenters. The zero-order valence-corrected chi connectivity index (χ0v) is 11.7. The van der Waals surface area contributed by atoms with Crippen LogP contribution in [0, 0.1) is 6.92 Å². The highest BCUT2D eigenvalue weighted by molar-refractivity contribution is 7.86. The van der Waals surface area contributed by atoms with Crippen molar-refractivity contribution in [2.24, 2.45) is 0 Å². The fourth-order valence-electron chi connectivity index (χ4n) is 1.40. The molecule has 0 amide bonds. The third-order valence-electron chi connectivity index (χ3n) is 2.20. The number of benzene rings is 1. The number of carbonyl (C=O) groups excluding carboxylic acids is 1. The van der Waals surface area contributed by atoms with Gasteiger partial charge in [-0.05, 0) is 18.6 Å². The van der Waals surface area contributed by atoms with E-state index in [1.165, 1.54) is 0 Å². The van der Waals surface area contributed by atoms with Crippen LogP contribution in [0.25, 0.3) is 0 Å². The van der Waals surface area contributed by atoms with Crippen molar-refractivity contribution in [2.75, 3.05) is 7.11 Å². The standard InChI is InChI=1S/C9H8F2O7S2/c1-5-7(9(12)17-2)3-6(18-20(11,15)16)4-8(5)19(10,13)14/h3-4H,1-2H3. The number of esters is 1. The van der Waals surface area contributed by atoms with Crippen LogP contribution in [0.4, 0.5) is 7.77 Å². The number of halogens is 2. The van der Waals surface area contributed by atoms with Crippen LogP contribution in [0.1, 0.15) is 15.9 Å².